The number of nitrogens with zero attached hydrogens (tertiary/aromatic N) is 5. The van der Waals surface area contributed by atoms with Gasteiger partial charge in [-0.3, -0.25) is 4.79 Å². The Morgan fingerprint density at radius 1 is 1.06 bits per heavy atom. The van der Waals surface area contributed by atoms with Crippen molar-refractivity contribution < 1.29 is 4.79 Å². The Morgan fingerprint density at radius 3 is 2.64 bits per heavy atom. The first-order chi connectivity index (χ1) is 16.0. The van der Waals surface area contributed by atoms with Crippen LogP contribution in [0.1, 0.15) is 35.8 Å². The number of aromatic nitrogens is 2. The second-order valence-corrected chi connectivity index (χ2v) is 10.5. The average Bonchev–Trinajstić information content (AvgIpc) is 3.27. The van der Waals surface area contributed by atoms with Crippen LogP contribution in [-0.2, 0) is 11.2 Å². The maximum Gasteiger partial charge on any atom is 0.227 e. The third-order valence-electron chi connectivity index (χ3n) is 7.06. The van der Waals surface area contributed by atoms with E-state index in [1.165, 1.54) is 21.7 Å². The van der Waals surface area contributed by atoms with E-state index >= 15 is 0 Å². The second kappa shape index (κ2) is 9.29. The molecule has 1 amide bonds. The summed E-state index contributed by atoms with van der Waals surface area (Å²) in [5, 5.41) is 1.13. The Bertz CT molecular complexity index is 1150. The van der Waals surface area contributed by atoms with Gasteiger partial charge in [0.05, 0.1) is 11.3 Å². The number of aryl methyl sites for hydroxylation is 3. The fraction of sp³-hybridized carbons (Fsp3) is 0.500. The van der Waals surface area contributed by atoms with E-state index in [9.17, 15) is 4.79 Å². The van der Waals surface area contributed by atoms with Gasteiger partial charge in [-0.2, -0.15) is 0 Å². The van der Waals surface area contributed by atoms with Gasteiger partial charge in [0, 0.05) is 49.8 Å². The van der Waals surface area contributed by atoms with Crippen LogP contribution in [0.5, 0.6) is 0 Å². The molecule has 0 radical (unpaired) electrons. The zero-order valence-electron chi connectivity index (χ0n) is 19.9. The summed E-state index contributed by atoms with van der Waals surface area (Å²) in [6.45, 7) is 11.6. The maximum atomic E-state index is 13.4. The number of rotatable bonds is 4. The number of carbonyl (C=O) groups excluding carboxylic acids is 1. The van der Waals surface area contributed by atoms with Crippen molar-refractivity contribution in [1.82, 2.24) is 14.9 Å². The number of benzene rings is 1. The number of anilines is 2. The number of piperidine rings is 1. The van der Waals surface area contributed by atoms with Gasteiger partial charge in [-0.1, -0.05) is 24.6 Å². The van der Waals surface area contributed by atoms with Gasteiger partial charge in [0.25, 0.3) is 0 Å². The molecule has 0 unspecified atom stereocenters. The van der Waals surface area contributed by atoms with Crippen molar-refractivity contribution in [2.75, 3.05) is 49.1 Å². The van der Waals surface area contributed by atoms with Gasteiger partial charge < -0.3 is 14.7 Å². The van der Waals surface area contributed by atoms with Crippen molar-refractivity contribution in [3.8, 4) is 0 Å². The van der Waals surface area contributed by atoms with Crippen LogP contribution in [0.15, 0.2) is 30.6 Å². The molecule has 0 N–H and O–H groups in total. The van der Waals surface area contributed by atoms with Crippen LogP contribution in [0.25, 0.3) is 10.2 Å². The summed E-state index contributed by atoms with van der Waals surface area (Å²) in [7, 11) is 0. The topological polar surface area (TPSA) is 52.6 Å². The molecular weight excluding hydrogens is 430 g/mol. The van der Waals surface area contributed by atoms with Crippen molar-refractivity contribution in [3.05, 3.63) is 46.6 Å². The first-order valence-corrected chi connectivity index (χ1v) is 12.9. The molecule has 2 aliphatic rings. The molecule has 5 rings (SSSR count). The van der Waals surface area contributed by atoms with E-state index < -0.39 is 0 Å². The van der Waals surface area contributed by atoms with Crippen LogP contribution in [0.3, 0.4) is 0 Å². The van der Waals surface area contributed by atoms with E-state index in [1.54, 1.807) is 17.7 Å². The predicted molar refractivity (Wildman–Crippen MR) is 136 cm³/mol. The normalized spacial score (nSPS) is 19.4. The molecule has 0 bridgehead atoms. The number of piperazine rings is 1. The van der Waals surface area contributed by atoms with E-state index in [2.05, 4.69) is 69.7 Å². The highest BCUT2D eigenvalue weighted by atomic mass is 32.1. The summed E-state index contributed by atoms with van der Waals surface area (Å²) in [5.74, 6) is 1.35. The van der Waals surface area contributed by atoms with Crippen LogP contribution in [0, 0.1) is 19.8 Å². The van der Waals surface area contributed by atoms with Gasteiger partial charge >= 0.3 is 0 Å². The SMILES string of the molecule is CCc1cc2c(N3CCC[C@H](C(=O)N4CCN(c5ccc(C)cc5C)CC4)C3)ncnc2s1. The minimum absolute atomic E-state index is 0.0423. The lowest BCUT2D eigenvalue weighted by Crippen LogP contribution is -2.52. The van der Waals surface area contributed by atoms with Crippen LogP contribution < -0.4 is 9.80 Å². The molecule has 174 valence electrons. The minimum Gasteiger partial charge on any atom is -0.368 e. The highest BCUT2D eigenvalue weighted by Crippen LogP contribution is 2.33. The lowest BCUT2D eigenvalue weighted by Gasteiger charge is -2.40. The van der Waals surface area contributed by atoms with Crippen molar-refractivity contribution in [1.29, 1.82) is 0 Å². The lowest BCUT2D eigenvalue weighted by atomic mass is 9.96. The van der Waals surface area contributed by atoms with E-state index in [1.807, 2.05) is 0 Å². The summed E-state index contributed by atoms with van der Waals surface area (Å²) >= 11 is 1.75. The average molecular weight is 464 g/mol. The van der Waals surface area contributed by atoms with Gasteiger partial charge in [0.2, 0.25) is 5.91 Å². The van der Waals surface area contributed by atoms with Gasteiger partial charge in [-0.25, -0.2) is 9.97 Å². The van der Waals surface area contributed by atoms with Gasteiger partial charge in [0.1, 0.15) is 17.0 Å². The zero-order chi connectivity index (χ0) is 22.9. The van der Waals surface area contributed by atoms with Crippen molar-refractivity contribution in [2.45, 2.75) is 40.0 Å². The van der Waals surface area contributed by atoms with Crippen LogP contribution in [-0.4, -0.2) is 60.0 Å². The Balaban J connectivity index is 1.25. The molecule has 3 aromatic rings. The second-order valence-electron chi connectivity index (χ2n) is 9.37. The first kappa shape index (κ1) is 22.1. The predicted octanol–water partition coefficient (Wildman–Crippen LogP) is 4.44. The van der Waals surface area contributed by atoms with Gasteiger partial charge in [0.15, 0.2) is 0 Å². The minimum atomic E-state index is 0.0423. The van der Waals surface area contributed by atoms with E-state index in [4.69, 9.17) is 0 Å². The number of fused-ring (bicyclic) bond motifs is 1. The Hall–Kier alpha value is -2.67. The molecule has 2 saturated heterocycles. The molecular formula is C26H33N5OS. The van der Waals surface area contributed by atoms with Crippen molar-refractivity contribution >= 4 is 39.0 Å². The molecule has 2 aromatic heterocycles. The Morgan fingerprint density at radius 2 is 1.88 bits per heavy atom. The lowest BCUT2D eigenvalue weighted by molar-refractivity contribution is -0.136. The quantitative estimate of drug-likeness (QED) is 0.573. The van der Waals surface area contributed by atoms with E-state index in [0.29, 0.717) is 5.91 Å². The Kier molecular flexibility index (Phi) is 6.23. The highest BCUT2D eigenvalue weighted by Gasteiger charge is 2.32. The molecule has 1 aromatic carbocycles. The molecule has 0 spiro atoms. The smallest absolute Gasteiger partial charge is 0.227 e. The molecule has 0 aliphatic carbocycles. The highest BCUT2D eigenvalue weighted by molar-refractivity contribution is 7.18. The molecule has 6 nitrogen and oxygen atoms in total. The zero-order valence-corrected chi connectivity index (χ0v) is 20.7. The van der Waals surface area contributed by atoms with Crippen molar-refractivity contribution in [2.24, 2.45) is 5.92 Å². The van der Waals surface area contributed by atoms with Crippen LogP contribution in [0.2, 0.25) is 0 Å². The molecule has 1 atom stereocenters. The van der Waals surface area contributed by atoms with Crippen molar-refractivity contribution in [3.63, 3.8) is 0 Å². The molecule has 4 heterocycles. The maximum absolute atomic E-state index is 13.4. The molecule has 0 saturated carbocycles. The largest absolute Gasteiger partial charge is 0.368 e. The summed E-state index contributed by atoms with van der Waals surface area (Å²) in [6, 6.07) is 8.87. The first-order valence-electron chi connectivity index (χ1n) is 12.1. The van der Waals surface area contributed by atoms with E-state index in [-0.39, 0.29) is 5.92 Å². The summed E-state index contributed by atoms with van der Waals surface area (Å²) in [5.41, 5.74) is 3.90. The number of carbonyl (C=O) groups is 1. The molecule has 2 aliphatic heterocycles. The fourth-order valence-corrected chi connectivity index (χ4v) is 6.21. The number of thiophene rings is 1. The molecule has 7 heteroatoms. The standard InChI is InChI=1S/C26H33N5OS/c1-4-21-15-22-24(27-17-28-25(22)33-21)31-9-5-6-20(16-31)26(32)30-12-10-29(11-13-30)23-8-7-18(2)14-19(23)3/h7-8,14-15,17,20H,4-6,9-13,16H2,1-3H3/t20-/m0/s1. The van der Waals surface area contributed by atoms with Crippen LogP contribution in [0.4, 0.5) is 11.5 Å². The number of hydrogen-bond donors (Lipinski definition) is 0. The van der Waals surface area contributed by atoms with Crippen LogP contribution >= 0.6 is 11.3 Å². The monoisotopic (exact) mass is 463 g/mol. The molecule has 2 fully saturated rings. The summed E-state index contributed by atoms with van der Waals surface area (Å²) in [4.78, 5) is 31.8. The third-order valence-corrected chi connectivity index (χ3v) is 8.25. The van der Waals surface area contributed by atoms with E-state index in [0.717, 1.165) is 74.6 Å². The summed E-state index contributed by atoms with van der Waals surface area (Å²) in [6.07, 6.45) is 4.67. The summed E-state index contributed by atoms with van der Waals surface area (Å²) < 4.78 is 0. The van der Waals surface area contributed by atoms with Gasteiger partial charge in [-0.05, 0) is 50.8 Å². The fourth-order valence-electron chi connectivity index (χ4n) is 5.28. The number of hydrogen-bond acceptors (Lipinski definition) is 6. The third kappa shape index (κ3) is 4.43. The Labute approximate surface area is 200 Å². The molecule has 33 heavy (non-hydrogen) atoms. The number of amides is 1. The van der Waals surface area contributed by atoms with Gasteiger partial charge in [-0.15, -0.1) is 11.3 Å².